The number of hydrogen-bond acceptors (Lipinski definition) is 3. The number of methoxy groups -OCH3 is 1. The van der Waals surface area contributed by atoms with Gasteiger partial charge >= 0.3 is 0 Å². The fraction of sp³-hybridized carbons (Fsp3) is 0.636. The largest absolute Gasteiger partial charge is 0.377 e. The van der Waals surface area contributed by atoms with Gasteiger partial charge in [0.05, 0.1) is 5.60 Å². The Morgan fingerprint density at radius 3 is 2.79 bits per heavy atom. The lowest BCUT2D eigenvalue weighted by molar-refractivity contribution is -0.0184. The lowest BCUT2D eigenvalue weighted by atomic mass is 9.90. The summed E-state index contributed by atoms with van der Waals surface area (Å²) >= 11 is 1.71. The molecule has 2 unspecified atom stereocenters. The van der Waals surface area contributed by atoms with E-state index < -0.39 is 0 Å². The first-order valence-corrected chi connectivity index (χ1v) is 5.88. The lowest BCUT2D eigenvalue weighted by Crippen LogP contribution is -2.48. The number of hydrogen-bond donors (Lipinski definition) is 1. The second-order valence-electron chi connectivity index (χ2n) is 3.81. The van der Waals surface area contributed by atoms with Crippen LogP contribution in [0.2, 0.25) is 0 Å². The lowest BCUT2D eigenvalue weighted by Gasteiger charge is -2.33. The van der Waals surface area contributed by atoms with E-state index in [1.54, 1.807) is 18.4 Å². The predicted molar refractivity (Wildman–Crippen MR) is 61.7 cm³/mol. The second kappa shape index (κ2) is 4.91. The average Bonchev–Trinajstić information content (AvgIpc) is 2.69. The third-order valence-corrected chi connectivity index (χ3v) is 3.72. The summed E-state index contributed by atoms with van der Waals surface area (Å²) < 4.78 is 5.48. The zero-order chi connectivity index (χ0) is 10.6. The van der Waals surface area contributed by atoms with Crippen LogP contribution in [-0.2, 0) is 11.2 Å². The molecule has 0 saturated carbocycles. The molecule has 14 heavy (non-hydrogen) atoms. The topological polar surface area (TPSA) is 35.2 Å². The SMILES string of the molecule is CCC(C)(OC)C(N)Cc1ccsc1. The van der Waals surface area contributed by atoms with Gasteiger partial charge in [0.25, 0.3) is 0 Å². The van der Waals surface area contributed by atoms with Crippen molar-refractivity contribution in [1.82, 2.24) is 0 Å². The monoisotopic (exact) mass is 213 g/mol. The summed E-state index contributed by atoms with van der Waals surface area (Å²) in [6.45, 7) is 4.18. The maximum atomic E-state index is 6.14. The summed E-state index contributed by atoms with van der Waals surface area (Å²) in [6.07, 6.45) is 1.83. The number of ether oxygens (including phenoxy) is 1. The van der Waals surface area contributed by atoms with Gasteiger partial charge in [0, 0.05) is 13.2 Å². The molecule has 3 heteroatoms. The van der Waals surface area contributed by atoms with Crippen LogP contribution in [0.5, 0.6) is 0 Å². The zero-order valence-electron chi connectivity index (χ0n) is 9.12. The number of rotatable bonds is 5. The highest BCUT2D eigenvalue weighted by Gasteiger charge is 2.29. The van der Waals surface area contributed by atoms with E-state index in [2.05, 4.69) is 30.7 Å². The molecule has 0 amide bonds. The van der Waals surface area contributed by atoms with Crippen LogP contribution in [0.1, 0.15) is 25.8 Å². The molecular weight excluding hydrogens is 194 g/mol. The quantitative estimate of drug-likeness (QED) is 0.815. The van der Waals surface area contributed by atoms with Gasteiger partial charge in [0.15, 0.2) is 0 Å². The molecule has 0 spiro atoms. The van der Waals surface area contributed by atoms with Crippen LogP contribution >= 0.6 is 11.3 Å². The average molecular weight is 213 g/mol. The van der Waals surface area contributed by atoms with E-state index in [-0.39, 0.29) is 11.6 Å². The summed E-state index contributed by atoms with van der Waals surface area (Å²) in [5.74, 6) is 0. The van der Waals surface area contributed by atoms with Crippen LogP contribution in [0.25, 0.3) is 0 Å². The van der Waals surface area contributed by atoms with Crippen molar-refractivity contribution in [3.63, 3.8) is 0 Å². The summed E-state index contributed by atoms with van der Waals surface area (Å²) in [6, 6.07) is 2.18. The van der Waals surface area contributed by atoms with E-state index in [9.17, 15) is 0 Å². The standard InChI is InChI=1S/C11H19NOS/c1-4-11(2,13-3)10(12)7-9-5-6-14-8-9/h5-6,8,10H,4,7,12H2,1-3H3. The van der Waals surface area contributed by atoms with Gasteiger partial charge in [-0.1, -0.05) is 6.92 Å². The van der Waals surface area contributed by atoms with Crippen LogP contribution in [-0.4, -0.2) is 18.8 Å². The molecule has 0 aliphatic carbocycles. The van der Waals surface area contributed by atoms with Crippen LogP contribution < -0.4 is 5.73 Å². The van der Waals surface area contributed by atoms with Gasteiger partial charge in [-0.3, -0.25) is 0 Å². The van der Waals surface area contributed by atoms with Gasteiger partial charge in [0.1, 0.15) is 0 Å². The minimum absolute atomic E-state index is 0.0621. The summed E-state index contributed by atoms with van der Waals surface area (Å²) in [5, 5.41) is 4.23. The van der Waals surface area contributed by atoms with Crippen molar-refractivity contribution < 1.29 is 4.74 Å². The Hall–Kier alpha value is -0.380. The minimum atomic E-state index is -0.206. The summed E-state index contributed by atoms with van der Waals surface area (Å²) in [7, 11) is 1.73. The Morgan fingerprint density at radius 1 is 1.64 bits per heavy atom. The normalized spacial score (nSPS) is 17.7. The van der Waals surface area contributed by atoms with Gasteiger partial charge in [-0.15, -0.1) is 0 Å². The van der Waals surface area contributed by atoms with E-state index >= 15 is 0 Å². The molecule has 1 aromatic heterocycles. The third kappa shape index (κ3) is 2.56. The number of thiophene rings is 1. The smallest absolute Gasteiger partial charge is 0.0801 e. The van der Waals surface area contributed by atoms with Crippen molar-refractivity contribution in [3.8, 4) is 0 Å². The Labute approximate surface area is 90.1 Å². The molecule has 80 valence electrons. The molecule has 0 aliphatic rings. The van der Waals surface area contributed by atoms with E-state index in [4.69, 9.17) is 10.5 Å². The van der Waals surface area contributed by atoms with Crippen LogP contribution in [0.4, 0.5) is 0 Å². The third-order valence-electron chi connectivity index (χ3n) is 2.99. The maximum absolute atomic E-state index is 6.14. The first-order chi connectivity index (χ1) is 6.62. The van der Waals surface area contributed by atoms with Crippen molar-refractivity contribution in [2.75, 3.05) is 7.11 Å². The van der Waals surface area contributed by atoms with Gasteiger partial charge in [-0.2, -0.15) is 11.3 Å². The first kappa shape index (κ1) is 11.7. The fourth-order valence-corrected chi connectivity index (χ4v) is 2.12. The van der Waals surface area contributed by atoms with Crippen molar-refractivity contribution in [3.05, 3.63) is 22.4 Å². The van der Waals surface area contributed by atoms with Gasteiger partial charge < -0.3 is 10.5 Å². The zero-order valence-corrected chi connectivity index (χ0v) is 9.93. The van der Waals surface area contributed by atoms with E-state index in [1.807, 2.05) is 0 Å². The molecular formula is C11H19NOS. The van der Waals surface area contributed by atoms with Gasteiger partial charge in [-0.05, 0) is 42.2 Å². The highest BCUT2D eigenvalue weighted by Crippen LogP contribution is 2.21. The molecule has 1 heterocycles. The van der Waals surface area contributed by atoms with Crippen molar-refractivity contribution in [2.45, 2.75) is 38.3 Å². The molecule has 0 fully saturated rings. The van der Waals surface area contributed by atoms with Crippen molar-refractivity contribution in [1.29, 1.82) is 0 Å². The minimum Gasteiger partial charge on any atom is -0.377 e. The van der Waals surface area contributed by atoms with Gasteiger partial charge in [0.2, 0.25) is 0 Å². The van der Waals surface area contributed by atoms with Crippen LogP contribution in [0.15, 0.2) is 16.8 Å². The summed E-state index contributed by atoms with van der Waals surface area (Å²) in [5.41, 5.74) is 7.24. The van der Waals surface area contributed by atoms with Crippen molar-refractivity contribution in [2.24, 2.45) is 5.73 Å². The Bertz CT molecular complexity index is 254. The van der Waals surface area contributed by atoms with Crippen molar-refractivity contribution >= 4 is 11.3 Å². The molecule has 0 radical (unpaired) electrons. The first-order valence-electron chi connectivity index (χ1n) is 4.94. The van der Waals surface area contributed by atoms with E-state index in [0.29, 0.717) is 0 Å². The Kier molecular flexibility index (Phi) is 4.11. The summed E-state index contributed by atoms with van der Waals surface area (Å²) in [4.78, 5) is 0. The highest BCUT2D eigenvalue weighted by atomic mass is 32.1. The molecule has 2 N–H and O–H groups in total. The van der Waals surface area contributed by atoms with E-state index in [0.717, 1.165) is 12.8 Å². The molecule has 0 saturated heterocycles. The molecule has 1 aromatic rings. The highest BCUT2D eigenvalue weighted by molar-refractivity contribution is 7.07. The molecule has 2 nitrogen and oxygen atoms in total. The predicted octanol–water partition coefficient (Wildman–Crippen LogP) is 2.43. The molecule has 0 bridgehead atoms. The molecule has 0 aliphatic heterocycles. The Morgan fingerprint density at radius 2 is 2.36 bits per heavy atom. The second-order valence-corrected chi connectivity index (χ2v) is 4.59. The Balaban J connectivity index is 2.60. The molecule has 0 aromatic carbocycles. The van der Waals surface area contributed by atoms with Crippen LogP contribution in [0, 0.1) is 0 Å². The number of nitrogens with two attached hydrogens (primary N) is 1. The van der Waals surface area contributed by atoms with Crippen LogP contribution in [0.3, 0.4) is 0 Å². The maximum Gasteiger partial charge on any atom is 0.0801 e. The molecule has 2 atom stereocenters. The van der Waals surface area contributed by atoms with E-state index in [1.165, 1.54) is 5.56 Å². The van der Waals surface area contributed by atoms with Gasteiger partial charge in [-0.25, -0.2) is 0 Å². The fourth-order valence-electron chi connectivity index (χ4n) is 1.44. The molecule has 1 rings (SSSR count).